The van der Waals surface area contributed by atoms with Crippen LogP contribution in [0.1, 0.15) is 21.5 Å². The van der Waals surface area contributed by atoms with Gasteiger partial charge >= 0.3 is 0 Å². The highest BCUT2D eigenvalue weighted by Crippen LogP contribution is 2.26. The summed E-state index contributed by atoms with van der Waals surface area (Å²) in [5.41, 5.74) is 4.76. The summed E-state index contributed by atoms with van der Waals surface area (Å²) < 4.78 is 11.1. The van der Waals surface area contributed by atoms with Crippen molar-refractivity contribution in [1.82, 2.24) is 20.0 Å². The summed E-state index contributed by atoms with van der Waals surface area (Å²) >= 11 is 0. The maximum atomic E-state index is 13.1. The molecule has 1 amide bonds. The van der Waals surface area contributed by atoms with Gasteiger partial charge in [0.2, 0.25) is 11.8 Å². The fourth-order valence-electron chi connectivity index (χ4n) is 4.45. The summed E-state index contributed by atoms with van der Waals surface area (Å²) in [6.45, 7) is 6.21. The lowest BCUT2D eigenvalue weighted by atomic mass is 10.1. The Kier molecular flexibility index (Phi) is 7.09. The number of piperazine rings is 1. The van der Waals surface area contributed by atoms with E-state index in [0.29, 0.717) is 17.3 Å². The molecule has 5 rings (SSSR count). The number of carbonyl (C=O) groups excluding carboxylic acids is 1. The zero-order valence-corrected chi connectivity index (χ0v) is 20.7. The van der Waals surface area contributed by atoms with Crippen LogP contribution < -0.4 is 4.74 Å². The van der Waals surface area contributed by atoms with Gasteiger partial charge in [-0.2, -0.15) is 0 Å². The van der Waals surface area contributed by atoms with Crippen molar-refractivity contribution in [2.24, 2.45) is 0 Å². The SMILES string of the molecule is COc1ccc(CCN2CCN(C(=O)c3ccc(-c4nnc(-c5ccccc5C)o4)cc3)CC2)cc1. The summed E-state index contributed by atoms with van der Waals surface area (Å²) in [5.74, 6) is 1.87. The molecule has 0 aliphatic carbocycles. The number of amides is 1. The maximum Gasteiger partial charge on any atom is 0.253 e. The molecule has 0 unspecified atom stereocenters. The number of ether oxygens (including phenoxy) is 1. The summed E-state index contributed by atoms with van der Waals surface area (Å²) in [7, 11) is 1.68. The van der Waals surface area contributed by atoms with Crippen LogP contribution in [0.25, 0.3) is 22.9 Å². The Labute approximate surface area is 211 Å². The third-order valence-electron chi connectivity index (χ3n) is 6.71. The molecule has 2 heterocycles. The minimum Gasteiger partial charge on any atom is -0.497 e. The molecular formula is C29H30N4O3. The van der Waals surface area contributed by atoms with Crippen molar-refractivity contribution in [2.75, 3.05) is 39.8 Å². The lowest BCUT2D eigenvalue weighted by Crippen LogP contribution is -2.49. The molecule has 0 atom stereocenters. The van der Waals surface area contributed by atoms with E-state index in [4.69, 9.17) is 9.15 Å². The van der Waals surface area contributed by atoms with Crippen molar-refractivity contribution >= 4 is 5.91 Å². The topological polar surface area (TPSA) is 71.7 Å². The van der Waals surface area contributed by atoms with Crippen LogP contribution in [-0.4, -0.2) is 65.7 Å². The number of aryl methyl sites for hydroxylation is 1. The molecule has 1 aliphatic heterocycles. The smallest absolute Gasteiger partial charge is 0.253 e. The van der Waals surface area contributed by atoms with E-state index < -0.39 is 0 Å². The molecule has 1 fully saturated rings. The van der Waals surface area contributed by atoms with Gasteiger partial charge in [-0.25, -0.2) is 0 Å². The fraction of sp³-hybridized carbons (Fsp3) is 0.276. The molecule has 7 heteroatoms. The normalized spacial score (nSPS) is 14.1. The summed E-state index contributed by atoms with van der Waals surface area (Å²) in [6, 6.07) is 23.5. The van der Waals surface area contributed by atoms with Crippen molar-refractivity contribution in [2.45, 2.75) is 13.3 Å². The van der Waals surface area contributed by atoms with Gasteiger partial charge in [0.15, 0.2) is 0 Å². The number of hydrogen-bond acceptors (Lipinski definition) is 6. The second kappa shape index (κ2) is 10.7. The number of hydrogen-bond donors (Lipinski definition) is 0. The molecule has 0 radical (unpaired) electrons. The van der Waals surface area contributed by atoms with Crippen LogP contribution >= 0.6 is 0 Å². The molecule has 1 aromatic heterocycles. The van der Waals surface area contributed by atoms with Gasteiger partial charge in [-0.05, 0) is 66.9 Å². The van der Waals surface area contributed by atoms with E-state index in [2.05, 4.69) is 27.2 Å². The van der Waals surface area contributed by atoms with E-state index in [1.54, 1.807) is 7.11 Å². The molecule has 1 aliphatic rings. The van der Waals surface area contributed by atoms with E-state index in [-0.39, 0.29) is 5.91 Å². The Morgan fingerprint density at radius 3 is 2.28 bits per heavy atom. The molecule has 36 heavy (non-hydrogen) atoms. The number of rotatable bonds is 7. The van der Waals surface area contributed by atoms with Gasteiger partial charge in [-0.1, -0.05) is 30.3 Å². The van der Waals surface area contributed by atoms with Crippen LogP contribution in [0.3, 0.4) is 0 Å². The van der Waals surface area contributed by atoms with Crippen LogP contribution in [0.15, 0.2) is 77.2 Å². The predicted octanol–water partition coefficient (Wildman–Crippen LogP) is 4.72. The Morgan fingerprint density at radius 1 is 0.889 bits per heavy atom. The highest BCUT2D eigenvalue weighted by molar-refractivity contribution is 5.94. The number of methoxy groups -OCH3 is 1. The van der Waals surface area contributed by atoms with Crippen LogP contribution in [0, 0.1) is 6.92 Å². The number of carbonyl (C=O) groups is 1. The van der Waals surface area contributed by atoms with Gasteiger partial charge in [-0.3, -0.25) is 9.69 Å². The van der Waals surface area contributed by atoms with E-state index >= 15 is 0 Å². The first-order valence-electron chi connectivity index (χ1n) is 12.3. The highest BCUT2D eigenvalue weighted by atomic mass is 16.5. The Bertz CT molecular complexity index is 1310. The van der Waals surface area contributed by atoms with Gasteiger partial charge in [0.1, 0.15) is 5.75 Å². The van der Waals surface area contributed by atoms with Gasteiger partial charge in [0, 0.05) is 49.4 Å². The monoisotopic (exact) mass is 482 g/mol. The predicted molar refractivity (Wildman–Crippen MR) is 139 cm³/mol. The largest absolute Gasteiger partial charge is 0.497 e. The van der Waals surface area contributed by atoms with Crippen molar-refractivity contribution < 1.29 is 13.9 Å². The highest BCUT2D eigenvalue weighted by Gasteiger charge is 2.22. The average molecular weight is 483 g/mol. The van der Waals surface area contributed by atoms with Crippen molar-refractivity contribution in [1.29, 1.82) is 0 Å². The van der Waals surface area contributed by atoms with Crippen LogP contribution in [0.2, 0.25) is 0 Å². The van der Waals surface area contributed by atoms with Gasteiger partial charge in [0.05, 0.1) is 7.11 Å². The third kappa shape index (κ3) is 5.31. The fourth-order valence-corrected chi connectivity index (χ4v) is 4.45. The van der Waals surface area contributed by atoms with E-state index in [1.165, 1.54) is 5.56 Å². The number of nitrogens with zero attached hydrogens (tertiary/aromatic N) is 4. The molecule has 0 saturated carbocycles. The molecule has 3 aromatic carbocycles. The quantitative estimate of drug-likeness (QED) is 0.380. The van der Waals surface area contributed by atoms with Crippen molar-refractivity contribution in [3.05, 3.63) is 89.5 Å². The zero-order valence-electron chi connectivity index (χ0n) is 20.7. The Hall–Kier alpha value is -3.97. The van der Waals surface area contributed by atoms with E-state index in [9.17, 15) is 4.79 Å². The third-order valence-corrected chi connectivity index (χ3v) is 6.71. The zero-order chi connectivity index (χ0) is 24.9. The lowest BCUT2D eigenvalue weighted by Gasteiger charge is -2.34. The Morgan fingerprint density at radius 2 is 1.58 bits per heavy atom. The number of aromatic nitrogens is 2. The molecular weight excluding hydrogens is 452 g/mol. The molecule has 1 saturated heterocycles. The van der Waals surface area contributed by atoms with Crippen molar-refractivity contribution in [3.8, 4) is 28.7 Å². The van der Waals surface area contributed by atoms with E-state index in [0.717, 1.165) is 61.6 Å². The van der Waals surface area contributed by atoms with E-state index in [1.807, 2.05) is 72.5 Å². The molecule has 4 aromatic rings. The minimum absolute atomic E-state index is 0.0579. The summed E-state index contributed by atoms with van der Waals surface area (Å²) in [5, 5.41) is 8.40. The standard InChI is InChI=1S/C29H30N4O3/c1-21-5-3-4-6-26(21)28-31-30-27(36-28)23-9-11-24(12-10-23)29(34)33-19-17-32(18-20-33)16-15-22-7-13-25(35-2)14-8-22/h3-14H,15-20H2,1-2H3. The van der Waals surface area contributed by atoms with Crippen LogP contribution in [0.5, 0.6) is 5.75 Å². The van der Waals surface area contributed by atoms with Crippen molar-refractivity contribution in [3.63, 3.8) is 0 Å². The molecule has 0 N–H and O–H groups in total. The molecule has 184 valence electrons. The summed E-state index contributed by atoms with van der Waals surface area (Å²) in [6.07, 6.45) is 0.987. The van der Waals surface area contributed by atoms with Gasteiger partial charge in [0.25, 0.3) is 5.91 Å². The number of benzene rings is 3. The first-order valence-corrected chi connectivity index (χ1v) is 12.3. The second-order valence-electron chi connectivity index (χ2n) is 9.04. The molecule has 0 bridgehead atoms. The van der Waals surface area contributed by atoms with Crippen LogP contribution in [0.4, 0.5) is 0 Å². The van der Waals surface area contributed by atoms with Gasteiger partial charge in [-0.15, -0.1) is 10.2 Å². The second-order valence-corrected chi connectivity index (χ2v) is 9.04. The minimum atomic E-state index is 0.0579. The molecule has 0 spiro atoms. The molecule has 7 nitrogen and oxygen atoms in total. The summed E-state index contributed by atoms with van der Waals surface area (Å²) in [4.78, 5) is 17.4. The first kappa shape index (κ1) is 23.8. The first-order chi connectivity index (χ1) is 17.6. The average Bonchev–Trinajstić information content (AvgIpc) is 3.42. The van der Waals surface area contributed by atoms with Gasteiger partial charge < -0.3 is 14.1 Å². The maximum absolute atomic E-state index is 13.1. The van der Waals surface area contributed by atoms with Crippen LogP contribution in [-0.2, 0) is 6.42 Å². The lowest BCUT2D eigenvalue weighted by molar-refractivity contribution is 0.0638. The Balaban J connectivity index is 1.15.